The zero-order chi connectivity index (χ0) is 18.4. The highest BCUT2D eigenvalue weighted by molar-refractivity contribution is 5.31. The summed E-state index contributed by atoms with van der Waals surface area (Å²) in [4.78, 5) is 26.2. The molecule has 2 heterocycles. The number of fused-ring (bicyclic) bond motifs is 1. The summed E-state index contributed by atoms with van der Waals surface area (Å²) >= 11 is 0. The van der Waals surface area contributed by atoms with Crippen LogP contribution in [0.1, 0.15) is 33.2 Å². The molecule has 1 aliphatic heterocycles. The zero-order valence-electron chi connectivity index (χ0n) is 14.8. The molecule has 0 unspecified atom stereocenters. The van der Waals surface area contributed by atoms with E-state index in [1.165, 1.54) is 13.9 Å². The van der Waals surface area contributed by atoms with Crippen molar-refractivity contribution in [2.45, 2.75) is 45.1 Å². The maximum Gasteiger partial charge on any atom is 0.354 e. The second-order valence-electron chi connectivity index (χ2n) is 6.81. The summed E-state index contributed by atoms with van der Waals surface area (Å²) in [5, 5.41) is 0. The van der Waals surface area contributed by atoms with Gasteiger partial charge in [-0.3, -0.25) is 0 Å². The largest absolute Gasteiger partial charge is 0.354 e. The average molecular weight is 341 g/mol. The standard InChI is InChI=1S/C19H23N3O3/c1-6-10-15-16(13(2)3)21-17(23)20(14-11-8-7-9-12-14)18(24)22(21)19(4,5)25-15/h6-9,11-12,15-16H,1-2,10H2,3-5H3/t15-,16+/m0/s1. The van der Waals surface area contributed by atoms with Crippen molar-refractivity contribution in [3.05, 3.63) is 76.1 Å². The SMILES string of the molecule is C=CC[C@@H]1OC(C)(C)n2c(=O)n(-c3ccccc3)c(=O)n2[C@@H]1C(=C)C. The number of para-hydroxylation sites is 1. The first-order chi connectivity index (χ1) is 11.8. The van der Waals surface area contributed by atoms with Crippen molar-refractivity contribution in [2.24, 2.45) is 0 Å². The number of hydrogen-bond acceptors (Lipinski definition) is 3. The normalized spacial score (nSPS) is 21.6. The number of nitrogens with zero attached hydrogens (tertiary/aromatic N) is 3. The molecule has 0 saturated carbocycles. The molecular weight excluding hydrogens is 318 g/mol. The van der Waals surface area contributed by atoms with Gasteiger partial charge in [-0.15, -0.1) is 6.58 Å². The van der Waals surface area contributed by atoms with Gasteiger partial charge in [0.2, 0.25) is 0 Å². The van der Waals surface area contributed by atoms with Gasteiger partial charge >= 0.3 is 11.4 Å². The van der Waals surface area contributed by atoms with E-state index >= 15 is 0 Å². The maximum atomic E-state index is 13.2. The molecule has 2 atom stereocenters. The van der Waals surface area contributed by atoms with Gasteiger partial charge in [-0.25, -0.2) is 18.8 Å². The molecule has 0 aliphatic carbocycles. The molecule has 2 aromatic rings. The number of hydrogen-bond donors (Lipinski definition) is 0. The monoisotopic (exact) mass is 341 g/mol. The minimum Gasteiger partial charge on any atom is -0.348 e. The third kappa shape index (κ3) is 2.62. The second kappa shape index (κ2) is 6.04. The molecule has 0 saturated heterocycles. The molecule has 0 spiro atoms. The Morgan fingerprint density at radius 1 is 1.24 bits per heavy atom. The molecule has 0 N–H and O–H groups in total. The lowest BCUT2D eigenvalue weighted by Gasteiger charge is -2.42. The summed E-state index contributed by atoms with van der Waals surface area (Å²) in [5.74, 6) is 0. The van der Waals surface area contributed by atoms with Gasteiger partial charge in [0.15, 0.2) is 5.72 Å². The van der Waals surface area contributed by atoms with Crippen molar-refractivity contribution < 1.29 is 4.74 Å². The van der Waals surface area contributed by atoms with Gasteiger partial charge in [0.05, 0.1) is 11.8 Å². The van der Waals surface area contributed by atoms with Crippen LogP contribution in [0.4, 0.5) is 0 Å². The Labute approximate surface area is 146 Å². The van der Waals surface area contributed by atoms with E-state index in [-0.39, 0.29) is 6.10 Å². The van der Waals surface area contributed by atoms with Crippen LogP contribution in [0.2, 0.25) is 0 Å². The molecule has 1 aromatic carbocycles. The summed E-state index contributed by atoms with van der Waals surface area (Å²) in [6.45, 7) is 13.2. The van der Waals surface area contributed by atoms with E-state index in [0.29, 0.717) is 12.1 Å². The Bertz CT molecular complexity index is 931. The smallest absolute Gasteiger partial charge is 0.348 e. The van der Waals surface area contributed by atoms with Crippen molar-refractivity contribution in [3.63, 3.8) is 0 Å². The van der Waals surface area contributed by atoms with Crippen molar-refractivity contribution in [1.29, 1.82) is 0 Å². The quantitative estimate of drug-likeness (QED) is 0.803. The number of aromatic nitrogens is 3. The fourth-order valence-corrected chi connectivity index (χ4v) is 3.50. The van der Waals surface area contributed by atoms with Crippen molar-refractivity contribution >= 4 is 0 Å². The van der Waals surface area contributed by atoms with E-state index in [4.69, 9.17) is 4.74 Å². The fraction of sp³-hybridized carbons (Fsp3) is 0.368. The average Bonchev–Trinajstić information content (AvgIpc) is 2.80. The molecule has 132 valence electrons. The molecular formula is C19H23N3O3. The molecule has 0 amide bonds. The van der Waals surface area contributed by atoms with Crippen molar-refractivity contribution in [1.82, 2.24) is 13.9 Å². The topological polar surface area (TPSA) is 58.2 Å². The van der Waals surface area contributed by atoms with Gasteiger partial charge in [0.1, 0.15) is 6.04 Å². The Morgan fingerprint density at radius 2 is 1.88 bits per heavy atom. The third-order valence-electron chi connectivity index (χ3n) is 4.46. The molecule has 0 radical (unpaired) electrons. The van der Waals surface area contributed by atoms with Crippen LogP contribution >= 0.6 is 0 Å². The van der Waals surface area contributed by atoms with E-state index in [1.54, 1.807) is 44.2 Å². The molecule has 0 fully saturated rings. The van der Waals surface area contributed by atoms with Crippen LogP contribution in [0.15, 0.2) is 64.7 Å². The summed E-state index contributed by atoms with van der Waals surface area (Å²) < 4.78 is 10.2. The molecule has 3 rings (SSSR count). The maximum absolute atomic E-state index is 13.2. The van der Waals surface area contributed by atoms with Gasteiger partial charge < -0.3 is 4.74 Å². The van der Waals surface area contributed by atoms with Crippen LogP contribution in [0.25, 0.3) is 5.69 Å². The second-order valence-corrected chi connectivity index (χ2v) is 6.81. The molecule has 6 heteroatoms. The molecule has 1 aliphatic rings. The predicted octanol–water partition coefficient (Wildman–Crippen LogP) is 2.59. The highest BCUT2D eigenvalue weighted by Crippen LogP contribution is 2.34. The Balaban J connectivity index is 2.35. The van der Waals surface area contributed by atoms with E-state index in [2.05, 4.69) is 13.2 Å². The zero-order valence-corrected chi connectivity index (χ0v) is 14.8. The highest BCUT2D eigenvalue weighted by atomic mass is 16.5. The summed E-state index contributed by atoms with van der Waals surface area (Å²) in [6.07, 6.45) is 2.00. The van der Waals surface area contributed by atoms with Crippen LogP contribution in [-0.4, -0.2) is 20.0 Å². The van der Waals surface area contributed by atoms with Gasteiger partial charge in [-0.1, -0.05) is 36.4 Å². The number of benzene rings is 1. The first-order valence-corrected chi connectivity index (χ1v) is 8.26. The Morgan fingerprint density at radius 3 is 2.44 bits per heavy atom. The van der Waals surface area contributed by atoms with Crippen LogP contribution in [0.5, 0.6) is 0 Å². The third-order valence-corrected chi connectivity index (χ3v) is 4.46. The van der Waals surface area contributed by atoms with Gasteiger partial charge in [-0.05, 0) is 39.3 Å². The predicted molar refractivity (Wildman–Crippen MR) is 97.1 cm³/mol. The molecule has 25 heavy (non-hydrogen) atoms. The van der Waals surface area contributed by atoms with Crippen LogP contribution < -0.4 is 11.4 Å². The lowest BCUT2D eigenvalue weighted by molar-refractivity contribution is -0.182. The summed E-state index contributed by atoms with van der Waals surface area (Å²) in [5.41, 5.74) is -0.499. The minimum absolute atomic E-state index is 0.311. The van der Waals surface area contributed by atoms with E-state index in [1.807, 2.05) is 13.0 Å². The minimum atomic E-state index is -0.962. The van der Waals surface area contributed by atoms with Crippen LogP contribution in [-0.2, 0) is 10.5 Å². The van der Waals surface area contributed by atoms with Gasteiger partial charge in [0.25, 0.3) is 0 Å². The lowest BCUT2D eigenvalue weighted by Crippen LogP contribution is -2.53. The van der Waals surface area contributed by atoms with Crippen LogP contribution in [0.3, 0.4) is 0 Å². The Hall–Kier alpha value is -2.60. The van der Waals surface area contributed by atoms with Crippen LogP contribution in [0, 0.1) is 0 Å². The summed E-state index contributed by atoms with van der Waals surface area (Å²) in [7, 11) is 0. The lowest BCUT2D eigenvalue weighted by atomic mass is 10.00. The van der Waals surface area contributed by atoms with Gasteiger partial charge in [-0.2, -0.15) is 4.68 Å². The first-order valence-electron chi connectivity index (χ1n) is 8.26. The van der Waals surface area contributed by atoms with Gasteiger partial charge in [0, 0.05) is 0 Å². The highest BCUT2D eigenvalue weighted by Gasteiger charge is 2.43. The molecule has 6 nitrogen and oxygen atoms in total. The Kier molecular flexibility index (Phi) is 4.16. The van der Waals surface area contributed by atoms with E-state index in [9.17, 15) is 9.59 Å². The van der Waals surface area contributed by atoms with Crippen molar-refractivity contribution in [3.8, 4) is 5.69 Å². The summed E-state index contributed by atoms with van der Waals surface area (Å²) in [6, 6.07) is 8.46. The van der Waals surface area contributed by atoms with E-state index < -0.39 is 23.1 Å². The van der Waals surface area contributed by atoms with E-state index in [0.717, 1.165) is 5.57 Å². The molecule has 1 aromatic heterocycles. The van der Waals surface area contributed by atoms with Crippen molar-refractivity contribution in [2.75, 3.05) is 0 Å². The first kappa shape index (κ1) is 17.2. The number of ether oxygens (including phenoxy) is 1. The number of rotatable bonds is 4. The molecule has 0 bridgehead atoms. The fourth-order valence-electron chi connectivity index (χ4n) is 3.50.